The first kappa shape index (κ1) is 76.6. The fraction of sp³-hybridized carbons (Fsp3) is 0.857. The molecule has 11 nitrogen and oxygen atoms in total. The van der Waals surface area contributed by atoms with E-state index in [1.165, 1.54) is 199 Å². The van der Waals surface area contributed by atoms with Gasteiger partial charge < -0.3 is 45.1 Å². The van der Waals surface area contributed by atoms with Crippen molar-refractivity contribution in [3.63, 3.8) is 0 Å². The number of aliphatic hydroxyl groups is 5. The summed E-state index contributed by atoms with van der Waals surface area (Å²) in [6.45, 7) is 5.78. The lowest BCUT2D eigenvalue weighted by atomic mass is 9.99. The molecule has 0 saturated carbocycles. The van der Waals surface area contributed by atoms with E-state index in [0.29, 0.717) is 12.8 Å². The molecular formula is C70H129NO10. The standard InChI is InChI=1S/C70H129NO10/c1-4-7-10-13-16-19-22-25-27-28-29-30-31-32-33-34-35-36-37-40-43-46-49-52-55-58-65(75)81-68-67(77)66(76)64(59-72)80-70(68)79-60-61(62(73)56-53-50-47-44-41-38-24-21-18-15-12-9-6-3)71-69(78)63(74)57-54-51-48-45-42-39-26-23-20-17-14-11-8-5-2/h17,20,23,25-27,53,56,61-64,66-68,70,72-74,76-77H,4-16,18-19,21-22,24,28-52,54-55,57-60H2,1-3H3,(H,71,78)/b20-17+,26-23+,27-25+,56-53+. The molecule has 1 aliphatic heterocycles. The number of rotatable bonds is 59. The van der Waals surface area contributed by atoms with E-state index in [-0.39, 0.29) is 19.4 Å². The fourth-order valence-corrected chi connectivity index (χ4v) is 10.8. The Morgan fingerprint density at radius 2 is 0.852 bits per heavy atom. The second-order valence-corrected chi connectivity index (χ2v) is 23.9. The van der Waals surface area contributed by atoms with Crippen LogP contribution in [0, 0.1) is 0 Å². The molecule has 0 spiro atoms. The average Bonchev–Trinajstić information content (AvgIpc) is 3.46. The molecule has 11 heteroatoms. The highest BCUT2D eigenvalue weighted by Gasteiger charge is 2.47. The van der Waals surface area contributed by atoms with Gasteiger partial charge in [-0.1, -0.05) is 288 Å². The maximum absolute atomic E-state index is 13.4. The number of unbranched alkanes of at least 4 members (excludes halogenated alkanes) is 40. The number of hydrogen-bond acceptors (Lipinski definition) is 10. The lowest BCUT2D eigenvalue weighted by Gasteiger charge is -2.41. The number of ether oxygens (including phenoxy) is 3. The molecule has 0 radical (unpaired) electrons. The number of carbonyl (C=O) groups excluding carboxylic acids is 2. The van der Waals surface area contributed by atoms with Crippen molar-refractivity contribution in [2.24, 2.45) is 0 Å². The Balaban J connectivity index is 2.57. The molecule has 474 valence electrons. The Bertz CT molecular complexity index is 1500. The topological polar surface area (TPSA) is 175 Å². The van der Waals surface area contributed by atoms with Gasteiger partial charge in [0, 0.05) is 6.42 Å². The van der Waals surface area contributed by atoms with Crippen molar-refractivity contribution in [2.75, 3.05) is 13.2 Å². The minimum Gasteiger partial charge on any atom is -0.454 e. The molecule has 0 bridgehead atoms. The number of allylic oxidation sites excluding steroid dienone is 7. The van der Waals surface area contributed by atoms with Crippen molar-refractivity contribution < 1.29 is 49.3 Å². The van der Waals surface area contributed by atoms with Crippen LogP contribution in [0.5, 0.6) is 0 Å². The van der Waals surface area contributed by atoms with Crippen LogP contribution in [0.4, 0.5) is 0 Å². The predicted octanol–water partition coefficient (Wildman–Crippen LogP) is 17.2. The van der Waals surface area contributed by atoms with Crippen molar-refractivity contribution in [3.05, 3.63) is 48.6 Å². The number of hydrogen-bond donors (Lipinski definition) is 6. The molecule has 1 saturated heterocycles. The smallest absolute Gasteiger partial charge is 0.306 e. The van der Waals surface area contributed by atoms with E-state index in [0.717, 1.165) is 77.0 Å². The van der Waals surface area contributed by atoms with Crippen LogP contribution in [0.15, 0.2) is 48.6 Å². The SMILES string of the molecule is CCCCC/C=C/C=C/CCCCCCCC(O)C(=O)NC(COC1OC(CO)C(O)C(O)C1OC(=O)CCCCCCCCCCCCCCCCC/C=C/CCCCCCCC)C(O)/C=C/CCCCCCCCCCCCC. The van der Waals surface area contributed by atoms with Crippen molar-refractivity contribution in [3.8, 4) is 0 Å². The van der Waals surface area contributed by atoms with Gasteiger partial charge in [0.05, 0.1) is 25.4 Å². The number of esters is 1. The Hall–Kier alpha value is -2.38. The molecule has 1 rings (SSSR count). The Morgan fingerprint density at radius 3 is 1.30 bits per heavy atom. The third-order valence-corrected chi connectivity index (χ3v) is 16.2. The highest BCUT2D eigenvalue weighted by atomic mass is 16.7. The molecule has 0 aromatic carbocycles. The van der Waals surface area contributed by atoms with Gasteiger partial charge in [0.25, 0.3) is 0 Å². The Labute approximate surface area is 497 Å². The van der Waals surface area contributed by atoms with E-state index < -0.39 is 67.4 Å². The zero-order chi connectivity index (χ0) is 58.9. The summed E-state index contributed by atoms with van der Waals surface area (Å²) in [6.07, 6.45) is 61.5. The maximum atomic E-state index is 13.4. The second-order valence-electron chi connectivity index (χ2n) is 23.9. The van der Waals surface area contributed by atoms with Crippen LogP contribution in [-0.2, 0) is 23.8 Å². The molecule has 8 unspecified atom stereocenters. The van der Waals surface area contributed by atoms with E-state index in [1.807, 2.05) is 6.08 Å². The summed E-state index contributed by atoms with van der Waals surface area (Å²) in [5.74, 6) is -1.20. The van der Waals surface area contributed by atoms with Gasteiger partial charge in [-0.25, -0.2) is 0 Å². The predicted molar refractivity (Wildman–Crippen MR) is 338 cm³/mol. The van der Waals surface area contributed by atoms with Crippen LogP contribution in [-0.4, -0.2) is 99.6 Å². The van der Waals surface area contributed by atoms with E-state index in [2.05, 4.69) is 62.5 Å². The molecule has 8 atom stereocenters. The molecule has 1 aliphatic rings. The molecule has 0 aromatic heterocycles. The summed E-state index contributed by atoms with van der Waals surface area (Å²) in [4.78, 5) is 26.6. The van der Waals surface area contributed by atoms with Gasteiger partial charge in [0.1, 0.15) is 24.4 Å². The highest BCUT2D eigenvalue weighted by molar-refractivity contribution is 5.80. The van der Waals surface area contributed by atoms with Crippen LogP contribution in [0.1, 0.15) is 323 Å². The van der Waals surface area contributed by atoms with Crippen molar-refractivity contribution in [1.82, 2.24) is 5.32 Å². The highest BCUT2D eigenvalue weighted by Crippen LogP contribution is 2.26. The third-order valence-electron chi connectivity index (χ3n) is 16.2. The lowest BCUT2D eigenvalue weighted by molar-refractivity contribution is -0.305. The summed E-state index contributed by atoms with van der Waals surface area (Å²) in [7, 11) is 0. The molecule has 6 N–H and O–H groups in total. The number of amides is 1. The number of aliphatic hydroxyl groups excluding tert-OH is 5. The van der Waals surface area contributed by atoms with Crippen LogP contribution in [0.3, 0.4) is 0 Å². The monoisotopic (exact) mass is 1140 g/mol. The first-order valence-corrected chi connectivity index (χ1v) is 34.4. The minimum absolute atomic E-state index is 0.124. The number of carbonyl (C=O) groups is 2. The Morgan fingerprint density at radius 1 is 0.481 bits per heavy atom. The summed E-state index contributed by atoms with van der Waals surface area (Å²) in [5, 5.41) is 57.1. The maximum Gasteiger partial charge on any atom is 0.306 e. The van der Waals surface area contributed by atoms with E-state index >= 15 is 0 Å². The van der Waals surface area contributed by atoms with Gasteiger partial charge in [-0.15, -0.1) is 0 Å². The molecule has 81 heavy (non-hydrogen) atoms. The van der Waals surface area contributed by atoms with Crippen molar-refractivity contribution in [1.29, 1.82) is 0 Å². The molecule has 0 aliphatic carbocycles. The Kier molecular flexibility index (Phi) is 54.9. The van der Waals surface area contributed by atoms with Gasteiger partial charge in [-0.05, 0) is 77.0 Å². The van der Waals surface area contributed by atoms with Gasteiger partial charge in [0.15, 0.2) is 12.4 Å². The van der Waals surface area contributed by atoms with Gasteiger partial charge in [-0.2, -0.15) is 0 Å². The van der Waals surface area contributed by atoms with Gasteiger partial charge in [-0.3, -0.25) is 9.59 Å². The summed E-state index contributed by atoms with van der Waals surface area (Å²) in [6, 6.07) is -1.03. The van der Waals surface area contributed by atoms with E-state index in [4.69, 9.17) is 14.2 Å². The summed E-state index contributed by atoms with van der Waals surface area (Å²) >= 11 is 0. The van der Waals surface area contributed by atoms with E-state index in [1.54, 1.807) is 6.08 Å². The normalized spacial score (nSPS) is 18.9. The van der Waals surface area contributed by atoms with Crippen molar-refractivity contribution >= 4 is 11.9 Å². The molecule has 1 heterocycles. The van der Waals surface area contributed by atoms with Crippen LogP contribution in [0.25, 0.3) is 0 Å². The third kappa shape index (κ3) is 45.6. The van der Waals surface area contributed by atoms with Gasteiger partial charge >= 0.3 is 5.97 Å². The lowest BCUT2D eigenvalue weighted by Crippen LogP contribution is -2.61. The molecule has 1 amide bonds. The minimum atomic E-state index is -1.61. The van der Waals surface area contributed by atoms with Gasteiger partial charge in [0.2, 0.25) is 5.91 Å². The number of nitrogens with one attached hydrogen (secondary N) is 1. The van der Waals surface area contributed by atoms with Crippen LogP contribution in [0.2, 0.25) is 0 Å². The first-order chi connectivity index (χ1) is 39.7. The molecular weight excluding hydrogens is 1010 g/mol. The van der Waals surface area contributed by atoms with Crippen LogP contribution >= 0.6 is 0 Å². The molecule has 0 aromatic rings. The summed E-state index contributed by atoms with van der Waals surface area (Å²) < 4.78 is 17.7. The second kappa shape index (κ2) is 58.0. The molecule has 1 fully saturated rings. The first-order valence-electron chi connectivity index (χ1n) is 34.4. The van der Waals surface area contributed by atoms with Crippen molar-refractivity contribution in [2.45, 2.75) is 372 Å². The average molecular weight is 1140 g/mol. The fourth-order valence-electron chi connectivity index (χ4n) is 10.8. The zero-order valence-electron chi connectivity index (χ0n) is 52.7. The summed E-state index contributed by atoms with van der Waals surface area (Å²) in [5.41, 5.74) is 0. The van der Waals surface area contributed by atoms with Crippen LogP contribution < -0.4 is 5.32 Å². The zero-order valence-corrected chi connectivity index (χ0v) is 52.7. The largest absolute Gasteiger partial charge is 0.454 e. The quantitative estimate of drug-likeness (QED) is 0.0149. The van der Waals surface area contributed by atoms with E-state index in [9.17, 15) is 35.1 Å².